The van der Waals surface area contributed by atoms with Gasteiger partial charge in [-0.2, -0.15) is 13.2 Å². The van der Waals surface area contributed by atoms with Crippen LogP contribution in [0.15, 0.2) is 17.3 Å². The second-order valence-corrected chi connectivity index (χ2v) is 4.08. The zero-order valence-electron chi connectivity index (χ0n) is 9.75. The highest BCUT2D eigenvalue weighted by Crippen LogP contribution is 2.22. The quantitative estimate of drug-likeness (QED) is 0.511. The van der Waals surface area contributed by atoms with E-state index in [1.54, 1.807) is 5.32 Å². The lowest BCUT2D eigenvalue weighted by Crippen LogP contribution is -2.34. The molecule has 0 saturated heterocycles. The zero-order chi connectivity index (χ0) is 14.6. The molecule has 0 fully saturated rings. The fourth-order valence-electron chi connectivity index (χ4n) is 1.43. The van der Waals surface area contributed by atoms with E-state index in [1.807, 2.05) is 0 Å². The van der Waals surface area contributed by atoms with E-state index in [2.05, 4.69) is 5.16 Å². The van der Waals surface area contributed by atoms with Gasteiger partial charge in [0.25, 0.3) is 5.91 Å². The monoisotopic (exact) mass is 294 g/mol. The lowest BCUT2D eigenvalue weighted by molar-refractivity contribution is -0.123. The summed E-state index contributed by atoms with van der Waals surface area (Å²) in [4.78, 5) is 11.6. The van der Waals surface area contributed by atoms with Crippen molar-refractivity contribution in [1.29, 1.82) is 0 Å². The molecule has 1 aromatic carbocycles. The van der Waals surface area contributed by atoms with E-state index < -0.39 is 18.6 Å². The Morgan fingerprint density at radius 3 is 2.68 bits per heavy atom. The average Bonchev–Trinajstić information content (AvgIpc) is 2.31. The molecule has 0 aromatic heterocycles. The minimum absolute atomic E-state index is 0.0311. The van der Waals surface area contributed by atoms with Crippen molar-refractivity contribution in [2.75, 3.05) is 6.54 Å². The number of hydrogen-bond donors (Lipinski definition) is 2. The number of carbonyl (C=O) groups is 1. The molecule has 0 radical (unpaired) electrons. The molecule has 0 spiro atoms. The van der Waals surface area contributed by atoms with Crippen molar-refractivity contribution in [3.05, 3.63) is 33.8 Å². The highest BCUT2D eigenvalue weighted by molar-refractivity contribution is 6.33. The number of benzene rings is 1. The molecule has 1 rings (SSSR count). The Labute approximate surface area is 111 Å². The van der Waals surface area contributed by atoms with Crippen molar-refractivity contribution in [3.63, 3.8) is 0 Å². The third kappa shape index (κ3) is 4.13. The molecule has 2 N–H and O–H groups in total. The maximum absolute atomic E-state index is 12.0. The van der Waals surface area contributed by atoms with Gasteiger partial charge >= 0.3 is 6.18 Å². The number of nitrogens with zero attached hydrogens (tertiary/aromatic N) is 1. The molecule has 0 atom stereocenters. The fraction of sp³-hybridized carbons (Fsp3) is 0.273. The number of rotatable bonds is 3. The van der Waals surface area contributed by atoms with Crippen molar-refractivity contribution in [2.45, 2.75) is 13.1 Å². The standard InChI is InChI=1S/C11H10ClF3N2O2/c1-6-7(10(18)16-5-11(13,14)15)2-3-9(12)8(6)4-17-19/h2-4,19H,5H2,1H3,(H,16,18). The van der Waals surface area contributed by atoms with Crippen molar-refractivity contribution >= 4 is 23.7 Å². The molecular weight excluding hydrogens is 285 g/mol. The van der Waals surface area contributed by atoms with Crippen LogP contribution in [-0.4, -0.2) is 30.1 Å². The van der Waals surface area contributed by atoms with Crippen LogP contribution in [0.25, 0.3) is 0 Å². The molecule has 0 bridgehead atoms. The van der Waals surface area contributed by atoms with Gasteiger partial charge in [-0.05, 0) is 24.6 Å². The second kappa shape index (κ2) is 5.92. The molecule has 1 aromatic rings. The maximum atomic E-state index is 12.0. The smallest absolute Gasteiger partial charge is 0.405 e. The zero-order valence-corrected chi connectivity index (χ0v) is 10.5. The Morgan fingerprint density at radius 2 is 2.16 bits per heavy atom. The van der Waals surface area contributed by atoms with Crippen LogP contribution in [0, 0.1) is 6.92 Å². The summed E-state index contributed by atoms with van der Waals surface area (Å²) in [5.74, 6) is -0.876. The largest absolute Gasteiger partial charge is 0.411 e. The van der Waals surface area contributed by atoms with Gasteiger partial charge in [-0.15, -0.1) is 0 Å². The Balaban J connectivity index is 3.02. The van der Waals surface area contributed by atoms with E-state index in [-0.39, 0.29) is 16.1 Å². The van der Waals surface area contributed by atoms with Crippen LogP contribution in [0.1, 0.15) is 21.5 Å². The molecule has 0 saturated carbocycles. The van der Waals surface area contributed by atoms with Crippen molar-refractivity contribution in [1.82, 2.24) is 5.32 Å². The molecule has 8 heteroatoms. The van der Waals surface area contributed by atoms with Gasteiger partial charge in [0.15, 0.2) is 0 Å². The topological polar surface area (TPSA) is 61.7 Å². The van der Waals surface area contributed by atoms with Gasteiger partial charge in [0.05, 0.1) is 6.21 Å². The second-order valence-electron chi connectivity index (χ2n) is 3.68. The number of hydrogen-bond acceptors (Lipinski definition) is 3. The lowest BCUT2D eigenvalue weighted by Gasteiger charge is -2.12. The predicted molar refractivity (Wildman–Crippen MR) is 64.0 cm³/mol. The third-order valence-electron chi connectivity index (χ3n) is 2.34. The van der Waals surface area contributed by atoms with E-state index in [1.165, 1.54) is 19.1 Å². The van der Waals surface area contributed by atoms with E-state index in [0.29, 0.717) is 5.56 Å². The van der Waals surface area contributed by atoms with Crippen molar-refractivity contribution < 1.29 is 23.2 Å². The normalized spacial score (nSPS) is 11.8. The van der Waals surface area contributed by atoms with Crippen LogP contribution >= 0.6 is 11.6 Å². The minimum atomic E-state index is -4.48. The highest BCUT2D eigenvalue weighted by atomic mass is 35.5. The SMILES string of the molecule is Cc1c(C(=O)NCC(F)(F)F)ccc(Cl)c1C=NO. The molecule has 0 aliphatic carbocycles. The van der Waals surface area contributed by atoms with Crippen LogP contribution in [0.5, 0.6) is 0 Å². The van der Waals surface area contributed by atoms with E-state index in [9.17, 15) is 18.0 Å². The first-order valence-corrected chi connectivity index (χ1v) is 5.45. The van der Waals surface area contributed by atoms with Crippen LogP contribution < -0.4 is 5.32 Å². The molecule has 0 unspecified atom stereocenters. The third-order valence-corrected chi connectivity index (χ3v) is 2.67. The number of oxime groups is 1. The molecular formula is C11H10ClF3N2O2. The lowest BCUT2D eigenvalue weighted by atomic mass is 10.0. The molecule has 104 valence electrons. The Hall–Kier alpha value is -1.76. The Kier molecular flexibility index (Phi) is 4.77. The molecule has 0 heterocycles. The van der Waals surface area contributed by atoms with E-state index in [0.717, 1.165) is 6.21 Å². The highest BCUT2D eigenvalue weighted by Gasteiger charge is 2.28. The van der Waals surface area contributed by atoms with Gasteiger partial charge in [0.1, 0.15) is 6.54 Å². The van der Waals surface area contributed by atoms with Gasteiger partial charge in [-0.1, -0.05) is 16.8 Å². The Morgan fingerprint density at radius 1 is 1.53 bits per heavy atom. The number of halogens is 4. The first-order valence-electron chi connectivity index (χ1n) is 5.07. The number of amides is 1. The predicted octanol–water partition coefficient (Wildman–Crippen LogP) is 2.75. The summed E-state index contributed by atoms with van der Waals surface area (Å²) in [6.45, 7) is 0.0721. The van der Waals surface area contributed by atoms with Crippen LogP contribution in [0.2, 0.25) is 5.02 Å². The average molecular weight is 295 g/mol. The van der Waals surface area contributed by atoms with Gasteiger partial charge in [-0.3, -0.25) is 4.79 Å². The number of carbonyl (C=O) groups excluding carboxylic acids is 1. The number of alkyl halides is 3. The van der Waals surface area contributed by atoms with Crippen molar-refractivity contribution in [2.24, 2.45) is 5.16 Å². The van der Waals surface area contributed by atoms with Gasteiger partial charge in [0, 0.05) is 16.1 Å². The first-order chi connectivity index (χ1) is 8.76. The van der Waals surface area contributed by atoms with Gasteiger partial charge in [-0.25, -0.2) is 0 Å². The summed E-state index contributed by atoms with van der Waals surface area (Å²) in [6.07, 6.45) is -3.47. The summed E-state index contributed by atoms with van der Waals surface area (Å²) >= 11 is 5.82. The van der Waals surface area contributed by atoms with Gasteiger partial charge in [0.2, 0.25) is 0 Å². The van der Waals surface area contributed by atoms with Crippen LogP contribution in [-0.2, 0) is 0 Å². The molecule has 1 amide bonds. The van der Waals surface area contributed by atoms with Gasteiger partial charge < -0.3 is 10.5 Å². The summed E-state index contributed by atoms with van der Waals surface area (Å²) in [5, 5.41) is 13.2. The first kappa shape index (κ1) is 15.3. The number of nitrogens with one attached hydrogen (secondary N) is 1. The molecule has 0 aliphatic rings. The molecule has 19 heavy (non-hydrogen) atoms. The fourth-order valence-corrected chi connectivity index (χ4v) is 1.69. The summed E-state index contributed by atoms with van der Waals surface area (Å²) in [5.41, 5.74) is 0.623. The van der Waals surface area contributed by atoms with E-state index >= 15 is 0 Å². The van der Waals surface area contributed by atoms with Crippen molar-refractivity contribution in [3.8, 4) is 0 Å². The minimum Gasteiger partial charge on any atom is -0.411 e. The molecule has 4 nitrogen and oxygen atoms in total. The maximum Gasteiger partial charge on any atom is 0.405 e. The summed E-state index contributed by atoms with van der Waals surface area (Å²) in [6, 6.07) is 2.64. The molecule has 0 aliphatic heterocycles. The van der Waals surface area contributed by atoms with Crippen LogP contribution in [0.4, 0.5) is 13.2 Å². The summed E-state index contributed by atoms with van der Waals surface area (Å²) < 4.78 is 36.0. The summed E-state index contributed by atoms with van der Waals surface area (Å²) in [7, 11) is 0. The Bertz CT molecular complexity index is 515. The van der Waals surface area contributed by atoms with E-state index in [4.69, 9.17) is 16.8 Å². The van der Waals surface area contributed by atoms with Crippen LogP contribution in [0.3, 0.4) is 0 Å².